The first-order valence-corrected chi connectivity index (χ1v) is 6.66. The highest BCUT2D eigenvalue weighted by atomic mass is 16.5. The van der Waals surface area contributed by atoms with Crippen molar-refractivity contribution in [3.63, 3.8) is 0 Å². The zero-order valence-electron chi connectivity index (χ0n) is 11.4. The number of para-hydroxylation sites is 1. The highest BCUT2D eigenvalue weighted by Crippen LogP contribution is 2.31. The molecule has 21 heavy (non-hydrogen) atoms. The SMILES string of the molecule is NC(=NO)c1cc(CNC2COc3ccccc32)ccn1. The van der Waals surface area contributed by atoms with E-state index in [9.17, 15) is 0 Å². The molecule has 4 N–H and O–H groups in total. The van der Waals surface area contributed by atoms with Gasteiger partial charge >= 0.3 is 0 Å². The Bertz CT molecular complexity index is 672. The van der Waals surface area contributed by atoms with E-state index in [4.69, 9.17) is 15.7 Å². The van der Waals surface area contributed by atoms with E-state index < -0.39 is 0 Å². The minimum absolute atomic E-state index is 0.00592. The molecule has 1 atom stereocenters. The van der Waals surface area contributed by atoms with Gasteiger partial charge in [-0.15, -0.1) is 0 Å². The van der Waals surface area contributed by atoms with Crippen molar-refractivity contribution in [2.75, 3.05) is 6.61 Å². The fourth-order valence-corrected chi connectivity index (χ4v) is 2.35. The summed E-state index contributed by atoms with van der Waals surface area (Å²) in [7, 11) is 0. The second kappa shape index (κ2) is 5.80. The first-order valence-electron chi connectivity index (χ1n) is 6.66. The molecule has 1 aliphatic rings. The van der Waals surface area contributed by atoms with Gasteiger partial charge in [-0.25, -0.2) is 0 Å². The molecule has 1 aromatic heterocycles. The van der Waals surface area contributed by atoms with E-state index in [1.54, 1.807) is 12.3 Å². The fourth-order valence-electron chi connectivity index (χ4n) is 2.35. The van der Waals surface area contributed by atoms with Gasteiger partial charge in [0.1, 0.15) is 18.1 Å². The molecule has 108 valence electrons. The number of hydrogen-bond donors (Lipinski definition) is 3. The Hall–Kier alpha value is -2.60. The van der Waals surface area contributed by atoms with Gasteiger partial charge in [0, 0.05) is 18.3 Å². The van der Waals surface area contributed by atoms with E-state index >= 15 is 0 Å². The van der Waals surface area contributed by atoms with Crippen LogP contribution in [0.5, 0.6) is 5.75 Å². The Morgan fingerprint density at radius 2 is 2.29 bits per heavy atom. The number of nitrogens with one attached hydrogen (secondary N) is 1. The van der Waals surface area contributed by atoms with Crippen molar-refractivity contribution >= 4 is 5.84 Å². The number of ether oxygens (including phenoxy) is 1. The van der Waals surface area contributed by atoms with Gasteiger partial charge in [-0.3, -0.25) is 4.98 Å². The predicted molar refractivity (Wildman–Crippen MR) is 78.3 cm³/mol. The van der Waals surface area contributed by atoms with Crippen molar-refractivity contribution in [3.8, 4) is 5.75 Å². The van der Waals surface area contributed by atoms with Crippen LogP contribution in [0.3, 0.4) is 0 Å². The van der Waals surface area contributed by atoms with Gasteiger partial charge in [0.15, 0.2) is 5.84 Å². The number of aromatic nitrogens is 1. The van der Waals surface area contributed by atoms with E-state index in [1.807, 2.05) is 24.3 Å². The summed E-state index contributed by atoms with van der Waals surface area (Å²) in [6, 6.07) is 11.9. The Balaban J connectivity index is 1.69. The van der Waals surface area contributed by atoms with Crippen molar-refractivity contribution in [2.24, 2.45) is 10.9 Å². The molecule has 0 spiro atoms. The Morgan fingerprint density at radius 1 is 1.43 bits per heavy atom. The van der Waals surface area contributed by atoms with Crippen LogP contribution in [0.1, 0.15) is 22.9 Å². The lowest BCUT2D eigenvalue weighted by Crippen LogP contribution is -2.22. The fraction of sp³-hybridized carbons (Fsp3) is 0.200. The molecule has 0 saturated carbocycles. The lowest BCUT2D eigenvalue weighted by molar-refractivity contribution is 0.310. The molecule has 2 aromatic rings. The molecule has 2 heterocycles. The molecule has 0 saturated heterocycles. The number of nitrogens with zero attached hydrogens (tertiary/aromatic N) is 2. The average Bonchev–Trinajstić information content (AvgIpc) is 2.95. The van der Waals surface area contributed by atoms with Crippen LogP contribution < -0.4 is 15.8 Å². The summed E-state index contributed by atoms with van der Waals surface area (Å²) in [4.78, 5) is 4.06. The highest BCUT2D eigenvalue weighted by molar-refractivity contribution is 5.95. The lowest BCUT2D eigenvalue weighted by atomic mass is 10.1. The molecule has 1 unspecified atom stereocenters. The molecule has 6 nitrogen and oxygen atoms in total. The number of hydrogen-bond acceptors (Lipinski definition) is 5. The molecule has 0 radical (unpaired) electrons. The molecule has 1 aromatic carbocycles. The van der Waals surface area contributed by atoms with Crippen LogP contribution in [0.25, 0.3) is 0 Å². The monoisotopic (exact) mass is 284 g/mol. The number of nitrogens with two attached hydrogens (primary N) is 1. The first kappa shape index (κ1) is 13.4. The number of pyridine rings is 1. The molecule has 3 rings (SSSR count). The molecular weight excluding hydrogens is 268 g/mol. The van der Waals surface area contributed by atoms with Crippen molar-refractivity contribution in [2.45, 2.75) is 12.6 Å². The van der Waals surface area contributed by atoms with E-state index in [0.29, 0.717) is 18.8 Å². The average molecular weight is 284 g/mol. The minimum atomic E-state index is 0.00592. The van der Waals surface area contributed by atoms with Crippen LogP contribution in [-0.2, 0) is 6.54 Å². The Kier molecular flexibility index (Phi) is 3.70. The zero-order valence-corrected chi connectivity index (χ0v) is 11.4. The minimum Gasteiger partial charge on any atom is -0.491 e. The van der Waals surface area contributed by atoms with Crippen molar-refractivity contribution in [1.29, 1.82) is 0 Å². The zero-order chi connectivity index (χ0) is 14.7. The Morgan fingerprint density at radius 3 is 3.14 bits per heavy atom. The normalized spacial score (nSPS) is 17.3. The van der Waals surface area contributed by atoms with E-state index in [1.165, 1.54) is 5.56 Å². The topological polar surface area (TPSA) is 92.8 Å². The summed E-state index contributed by atoms with van der Waals surface area (Å²) in [5, 5.41) is 15.1. The van der Waals surface area contributed by atoms with Gasteiger partial charge in [0.05, 0.1) is 6.04 Å². The van der Waals surface area contributed by atoms with Crippen molar-refractivity contribution < 1.29 is 9.94 Å². The smallest absolute Gasteiger partial charge is 0.188 e. The van der Waals surface area contributed by atoms with Gasteiger partial charge in [-0.05, 0) is 23.8 Å². The number of fused-ring (bicyclic) bond motifs is 1. The Labute approximate surface area is 122 Å². The van der Waals surface area contributed by atoms with Gasteiger partial charge in [0.2, 0.25) is 0 Å². The van der Waals surface area contributed by atoms with E-state index in [-0.39, 0.29) is 11.9 Å². The molecule has 0 fully saturated rings. The number of amidine groups is 1. The van der Waals surface area contributed by atoms with Crippen molar-refractivity contribution in [1.82, 2.24) is 10.3 Å². The largest absolute Gasteiger partial charge is 0.491 e. The molecule has 1 aliphatic heterocycles. The first-order chi connectivity index (χ1) is 10.3. The number of benzene rings is 1. The predicted octanol–water partition coefficient (Wildman–Crippen LogP) is 1.40. The summed E-state index contributed by atoms with van der Waals surface area (Å²) in [6.45, 7) is 1.27. The highest BCUT2D eigenvalue weighted by Gasteiger charge is 2.22. The number of oxime groups is 1. The van der Waals surface area contributed by atoms with Crippen LogP contribution >= 0.6 is 0 Å². The molecule has 0 bridgehead atoms. The summed E-state index contributed by atoms with van der Waals surface area (Å²) < 4.78 is 5.63. The van der Waals surface area contributed by atoms with Gasteiger partial charge in [-0.1, -0.05) is 23.4 Å². The maximum atomic E-state index is 8.68. The second-order valence-electron chi connectivity index (χ2n) is 4.82. The van der Waals surface area contributed by atoms with Gasteiger partial charge in [-0.2, -0.15) is 0 Å². The third kappa shape index (κ3) is 2.80. The lowest BCUT2D eigenvalue weighted by Gasteiger charge is -2.12. The van der Waals surface area contributed by atoms with Crippen LogP contribution in [0.4, 0.5) is 0 Å². The standard InChI is InChI=1S/C15H16N4O2/c16-15(19-20)12-7-10(5-6-17-12)8-18-13-9-21-14-4-2-1-3-11(13)14/h1-7,13,18,20H,8-9H2,(H2,16,19). The van der Waals surface area contributed by atoms with E-state index in [2.05, 4.69) is 21.5 Å². The van der Waals surface area contributed by atoms with Gasteiger partial charge < -0.3 is 21.0 Å². The molecule has 6 heteroatoms. The summed E-state index contributed by atoms with van der Waals surface area (Å²) >= 11 is 0. The molecule has 0 amide bonds. The number of rotatable bonds is 4. The third-order valence-corrected chi connectivity index (χ3v) is 3.45. The second-order valence-corrected chi connectivity index (χ2v) is 4.82. The van der Waals surface area contributed by atoms with Crippen LogP contribution in [-0.4, -0.2) is 22.6 Å². The summed E-state index contributed by atoms with van der Waals surface area (Å²) in [6.07, 6.45) is 1.64. The van der Waals surface area contributed by atoms with E-state index in [0.717, 1.165) is 11.3 Å². The summed E-state index contributed by atoms with van der Waals surface area (Å²) in [5.41, 5.74) is 8.18. The maximum absolute atomic E-state index is 8.68. The maximum Gasteiger partial charge on any atom is 0.188 e. The van der Waals surface area contributed by atoms with Crippen LogP contribution in [0.2, 0.25) is 0 Å². The quantitative estimate of drug-likeness (QED) is 0.341. The summed E-state index contributed by atoms with van der Waals surface area (Å²) in [5.74, 6) is 0.938. The molecular formula is C15H16N4O2. The van der Waals surface area contributed by atoms with Gasteiger partial charge in [0.25, 0.3) is 0 Å². The van der Waals surface area contributed by atoms with Crippen LogP contribution in [0.15, 0.2) is 47.8 Å². The molecule has 0 aliphatic carbocycles. The van der Waals surface area contributed by atoms with Crippen molar-refractivity contribution in [3.05, 3.63) is 59.4 Å². The van der Waals surface area contributed by atoms with Crippen LogP contribution in [0, 0.1) is 0 Å². The third-order valence-electron chi connectivity index (χ3n) is 3.45.